The van der Waals surface area contributed by atoms with Crippen molar-refractivity contribution in [2.45, 2.75) is 0 Å². The summed E-state index contributed by atoms with van der Waals surface area (Å²) in [5.41, 5.74) is 11.8. The second-order valence-corrected chi connectivity index (χ2v) is 15.1. The summed E-state index contributed by atoms with van der Waals surface area (Å²) in [6, 6.07) is 72.0. The van der Waals surface area contributed by atoms with Gasteiger partial charge in [0.2, 0.25) is 0 Å². The van der Waals surface area contributed by atoms with Gasteiger partial charge in [-0.15, -0.1) is 11.3 Å². The fraction of sp³-hybridized carbons (Fsp3) is 0. The largest absolute Gasteiger partial charge is 0.453 e. The van der Waals surface area contributed by atoms with E-state index in [0.29, 0.717) is 0 Å². The third-order valence-electron chi connectivity index (χ3n) is 10.9. The standard InChI is InChI=1S/C52H33NOS/c1-3-14-36(15-4-1)41-31-32-46(51-49(41)45-22-11-20-42(50(45)54-51)37-16-5-2-6-17-37)53(47-23-12-21-44-43-19-9-10-24-48(43)55-52(44)47)40-29-27-35(28-30-40)39-26-25-34-13-7-8-18-38(34)33-39/h1-33H. The molecule has 0 radical (unpaired) electrons. The monoisotopic (exact) mass is 719 g/mol. The minimum Gasteiger partial charge on any atom is -0.453 e. The van der Waals surface area contributed by atoms with Crippen LogP contribution in [0.25, 0.3) is 86.3 Å². The predicted octanol–water partition coefficient (Wildman–Crippen LogP) is 15.6. The Labute approximate surface area is 322 Å². The van der Waals surface area contributed by atoms with E-state index in [1.165, 1.54) is 42.1 Å². The fourth-order valence-electron chi connectivity index (χ4n) is 8.26. The molecule has 3 heteroatoms. The SMILES string of the molecule is c1ccc(-c2cccc3c2oc2c(N(c4ccc(-c5ccc6ccccc6c5)cc4)c4cccc5c4sc4ccccc45)ccc(-c4ccccc4)c23)cc1. The quantitative estimate of drug-likeness (QED) is 0.170. The number of rotatable bonds is 6. The average molecular weight is 720 g/mol. The summed E-state index contributed by atoms with van der Waals surface area (Å²) in [6.07, 6.45) is 0. The van der Waals surface area contributed by atoms with Gasteiger partial charge in [-0.25, -0.2) is 0 Å². The molecule has 0 aliphatic carbocycles. The Kier molecular flexibility index (Phi) is 7.39. The zero-order valence-corrected chi connectivity index (χ0v) is 30.6. The molecule has 0 spiro atoms. The minimum atomic E-state index is 0.858. The predicted molar refractivity (Wildman–Crippen MR) is 235 cm³/mol. The van der Waals surface area contributed by atoms with Crippen molar-refractivity contribution in [2.75, 3.05) is 4.90 Å². The van der Waals surface area contributed by atoms with Gasteiger partial charge in [-0.3, -0.25) is 0 Å². The average Bonchev–Trinajstić information content (AvgIpc) is 3.85. The number of para-hydroxylation sites is 1. The number of nitrogens with zero attached hydrogens (tertiary/aromatic N) is 1. The molecule has 11 aromatic rings. The Bertz CT molecular complexity index is 3190. The number of hydrogen-bond donors (Lipinski definition) is 0. The summed E-state index contributed by atoms with van der Waals surface area (Å²) >= 11 is 1.84. The van der Waals surface area contributed by atoms with E-state index in [-0.39, 0.29) is 0 Å². The number of fused-ring (bicyclic) bond motifs is 7. The van der Waals surface area contributed by atoms with Crippen LogP contribution in [-0.2, 0) is 0 Å². The molecule has 2 aromatic heterocycles. The van der Waals surface area contributed by atoms with E-state index in [1.54, 1.807) is 0 Å². The molecule has 11 rings (SSSR count). The maximum absolute atomic E-state index is 7.22. The molecular formula is C52H33NOS. The van der Waals surface area contributed by atoms with Gasteiger partial charge in [-0.1, -0.05) is 164 Å². The van der Waals surface area contributed by atoms with Gasteiger partial charge in [0.15, 0.2) is 5.58 Å². The van der Waals surface area contributed by atoms with Crippen molar-refractivity contribution in [3.8, 4) is 33.4 Å². The highest BCUT2D eigenvalue weighted by Crippen LogP contribution is 2.50. The lowest BCUT2D eigenvalue weighted by molar-refractivity contribution is 0.670. The normalized spacial score (nSPS) is 11.6. The summed E-state index contributed by atoms with van der Waals surface area (Å²) in [5, 5.41) is 7.22. The molecule has 0 amide bonds. The van der Waals surface area contributed by atoms with E-state index in [2.05, 4.69) is 205 Å². The summed E-state index contributed by atoms with van der Waals surface area (Å²) in [7, 11) is 0. The Morgan fingerprint density at radius 2 is 1.04 bits per heavy atom. The highest BCUT2D eigenvalue weighted by Gasteiger charge is 2.25. The van der Waals surface area contributed by atoms with Crippen molar-refractivity contribution >= 4 is 81.3 Å². The first-order chi connectivity index (χ1) is 27.3. The van der Waals surface area contributed by atoms with Crippen LogP contribution in [0.3, 0.4) is 0 Å². The zero-order valence-electron chi connectivity index (χ0n) is 29.8. The van der Waals surface area contributed by atoms with Gasteiger partial charge in [-0.05, 0) is 75.0 Å². The van der Waals surface area contributed by atoms with E-state index in [1.807, 2.05) is 11.3 Å². The third-order valence-corrected chi connectivity index (χ3v) is 12.1. The molecule has 0 aliphatic rings. The van der Waals surface area contributed by atoms with E-state index < -0.39 is 0 Å². The number of hydrogen-bond acceptors (Lipinski definition) is 3. The number of furan rings is 1. The molecule has 2 nitrogen and oxygen atoms in total. The van der Waals surface area contributed by atoms with Crippen LogP contribution in [0.4, 0.5) is 17.1 Å². The number of thiophene rings is 1. The molecule has 2 heterocycles. The van der Waals surface area contributed by atoms with Crippen molar-refractivity contribution in [1.29, 1.82) is 0 Å². The topological polar surface area (TPSA) is 16.4 Å². The second kappa shape index (κ2) is 12.9. The van der Waals surface area contributed by atoms with Gasteiger partial charge in [0.05, 0.1) is 16.1 Å². The maximum Gasteiger partial charge on any atom is 0.160 e. The molecule has 0 unspecified atom stereocenters. The maximum atomic E-state index is 7.22. The molecule has 0 atom stereocenters. The summed E-state index contributed by atoms with van der Waals surface area (Å²) in [4.78, 5) is 2.41. The van der Waals surface area contributed by atoms with Gasteiger partial charge in [0, 0.05) is 37.5 Å². The highest BCUT2D eigenvalue weighted by atomic mass is 32.1. The molecule has 0 fully saturated rings. The van der Waals surface area contributed by atoms with Crippen LogP contribution in [0.2, 0.25) is 0 Å². The first kappa shape index (κ1) is 31.6. The first-order valence-electron chi connectivity index (χ1n) is 18.7. The van der Waals surface area contributed by atoms with E-state index in [0.717, 1.165) is 61.3 Å². The molecule has 258 valence electrons. The van der Waals surface area contributed by atoms with Crippen molar-refractivity contribution in [3.05, 3.63) is 200 Å². The minimum absolute atomic E-state index is 0.858. The van der Waals surface area contributed by atoms with Gasteiger partial charge < -0.3 is 9.32 Å². The smallest absolute Gasteiger partial charge is 0.160 e. The van der Waals surface area contributed by atoms with Crippen molar-refractivity contribution in [3.63, 3.8) is 0 Å². The lowest BCUT2D eigenvalue weighted by Gasteiger charge is -2.27. The number of benzene rings is 9. The molecule has 0 N–H and O–H groups in total. The summed E-state index contributed by atoms with van der Waals surface area (Å²) in [5.74, 6) is 0. The van der Waals surface area contributed by atoms with Crippen molar-refractivity contribution in [1.82, 2.24) is 0 Å². The van der Waals surface area contributed by atoms with Crippen LogP contribution in [0.1, 0.15) is 0 Å². The Morgan fingerprint density at radius 1 is 0.382 bits per heavy atom. The molecule has 0 aliphatic heterocycles. The van der Waals surface area contributed by atoms with Crippen molar-refractivity contribution in [2.24, 2.45) is 0 Å². The molecule has 9 aromatic carbocycles. The van der Waals surface area contributed by atoms with Crippen LogP contribution < -0.4 is 4.90 Å². The fourth-order valence-corrected chi connectivity index (χ4v) is 9.46. The summed E-state index contributed by atoms with van der Waals surface area (Å²) in [6.45, 7) is 0. The van der Waals surface area contributed by atoms with Crippen LogP contribution in [0.5, 0.6) is 0 Å². The highest BCUT2D eigenvalue weighted by molar-refractivity contribution is 7.26. The van der Waals surface area contributed by atoms with Crippen molar-refractivity contribution < 1.29 is 4.42 Å². The molecular weight excluding hydrogens is 687 g/mol. The van der Waals surface area contributed by atoms with Gasteiger partial charge in [0.1, 0.15) is 5.58 Å². The lowest BCUT2D eigenvalue weighted by Crippen LogP contribution is -2.10. The third kappa shape index (κ3) is 5.24. The van der Waals surface area contributed by atoms with Crippen LogP contribution in [-0.4, -0.2) is 0 Å². The van der Waals surface area contributed by atoms with Crippen LogP contribution >= 0.6 is 11.3 Å². The number of anilines is 3. The first-order valence-corrected chi connectivity index (χ1v) is 19.5. The molecule has 0 bridgehead atoms. The second-order valence-electron chi connectivity index (χ2n) is 14.0. The van der Waals surface area contributed by atoms with E-state index in [9.17, 15) is 0 Å². The lowest BCUT2D eigenvalue weighted by atomic mass is 9.96. The van der Waals surface area contributed by atoms with Gasteiger partial charge in [-0.2, -0.15) is 0 Å². The van der Waals surface area contributed by atoms with Crippen LogP contribution in [0, 0.1) is 0 Å². The zero-order chi connectivity index (χ0) is 36.3. The molecule has 0 saturated heterocycles. The van der Waals surface area contributed by atoms with E-state index in [4.69, 9.17) is 4.42 Å². The summed E-state index contributed by atoms with van der Waals surface area (Å²) < 4.78 is 9.74. The van der Waals surface area contributed by atoms with Crippen LogP contribution in [0.15, 0.2) is 205 Å². The Hall–Kier alpha value is -6.94. The molecule has 55 heavy (non-hydrogen) atoms. The van der Waals surface area contributed by atoms with Gasteiger partial charge >= 0.3 is 0 Å². The molecule has 0 saturated carbocycles. The Balaban J connectivity index is 1.19. The van der Waals surface area contributed by atoms with E-state index >= 15 is 0 Å². The van der Waals surface area contributed by atoms with Gasteiger partial charge in [0.25, 0.3) is 0 Å². The Morgan fingerprint density at radius 3 is 1.85 bits per heavy atom.